The fourth-order valence-electron chi connectivity index (χ4n) is 2.48. The van der Waals surface area contributed by atoms with E-state index in [2.05, 4.69) is 20.1 Å². The van der Waals surface area contributed by atoms with Crippen LogP contribution in [0, 0.1) is 6.92 Å². The van der Waals surface area contributed by atoms with Crippen LogP contribution in [0.5, 0.6) is 0 Å². The van der Waals surface area contributed by atoms with Gasteiger partial charge < -0.3 is 5.32 Å². The Labute approximate surface area is 117 Å². The average molecular weight is 295 g/mol. The fourth-order valence-corrected chi connectivity index (χ4v) is 3.72. The second-order valence-corrected chi connectivity index (χ2v) is 6.78. The Bertz CT molecular complexity index is 747. The lowest BCUT2D eigenvalue weighted by Gasteiger charge is -2.11. The minimum atomic E-state index is -3.53. The van der Waals surface area contributed by atoms with E-state index in [1.165, 1.54) is 6.20 Å². The Hall–Kier alpha value is -1.51. The van der Waals surface area contributed by atoms with Crippen molar-refractivity contribution >= 4 is 21.1 Å². The van der Waals surface area contributed by atoms with E-state index in [-0.39, 0.29) is 10.9 Å². The van der Waals surface area contributed by atoms with Gasteiger partial charge in [0, 0.05) is 31.2 Å². The van der Waals surface area contributed by atoms with Crippen LogP contribution < -0.4 is 10.0 Å². The Morgan fingerprint density at radius 1 is 1.50 bits per heavy atom. The fraction of sp³-hybridized carbons (Fsp3) is 0.500. The molecule has 1 fully saturated rings. The number of nitrogens with zero attached hydrogens (tertiary/aromatic N) is 3. The first-order chi connectivity index (χ1) is 9.47. The van der Waals surface area contributed by atoms with Crippen LogP contribution in [-0.2, 0) is 17.1 Å². The highest BCUT2D eigenvalue weighted by Crippen LogP contribution is 2.19. The first-order valence-corrected chi connectivity index (χ1v) is 7.98. The van der Waals surface area contributed by atoms with Crippen molar-refractivity contribution in [3.05, 3.63) is 18.0 Å². The molecule has 108 valence electrons. The zero-order chi connectivity index (χ0) is 14.3. The molecule has 1 unspecified atom stereocenters. The summed E-state index contributed by atoms with van der Waals surface area (Å²) in [7, 11) is -1.74. The van der Waals surface area contributed by atoms with Gasteiger partial charge >= 0.3 is 0 Å². The number of sulfonamides is 1. The van der Waals surface area contributed by atoms with E-state index < -0.39 is 10.0 Å². The van der Waals surface area contributed by atoms with E-state index in [9.17, 15) is 8.42 Å². The minimum Gasteiger partial charge on any atom is -0.315 e. The predicted molar refractivity (Wildman–Crippen MR) is 74.8 cm³/mol. The molecule has 3 rings (SSSR count). The van der Waals surface area contributed by atoms with Crippen molar-refractivity contribution in [2.24, 2.45) is 7.05 Å². The summed E-state index contributed by atoms with van der Waals surface area (Å²) in [5.74, 6) is 0. The monoisotopic (exact) mass is 295 g/mol. The van der Waals surface area contributed by atoms with Gasteiger partial charge in [0.05, 0.1) is 5.69 Å². The van der Waals surface area contributed by atoms with Crippen LogP contribution in [0.1, 0.15) is 12.1 Å². The van der Waals surface area contributed by atoms with Crippen LogP contribution in [0.15, 0.2) is 17.2 Å². The molecule has 2 N–H and O–H groups in total. The first kappa shape index (κ1) is 13.5. The normalized spacial score (nSPS) is 19.8. The Balaban J connectivity index is 1.98. The van der Waals surface area contributed by atoms with E-state index in [4.69, 9.17) is 0 Å². The summed E-state index contributed by atoms with van der Waals surface area (Å²) in [6, 6.07) is 1.58. The van der Waals surface area contributed by atoms with Crippen molar-refractivity contribution in [2.45, 2.75) is 24.3 Å². The molecule has 1 aliphatic rings. The van der Waals surface area contributed by atoms with Gasteiger partial charge in [-0.3, -0.25) is 4.68 Å². The summed E-state index contributed by atoms with van der Waals surface area (Å²) >= 11 is 0. The molecule has 2 aromatic heterocycles. The van der Waals surface area contributed by atoms with Crippen LogP contribution in [0.2, 0.25) is 0 Å². The number of aromatic nitrogens is 3. The molecule has 0 bridgehead atoms. The van der Waals surface area contributed by atoms with Gasteiger partial charge in [0.25, 0.3) is 0 Å². The molecule has 1 atom stereocenters. The van der Waals surface area contributed by atoms with E-state index in [1.54, 1.807) is 17.8 Å². The third-order valence-electron chi connectivity index (χ3n) is 3.53. The maximum Gasteiger partial charge on any atom is 0.242 e. The predicted octanol–water partition coefficient (Wildman–Crippen LogP) is -0.0831. The largest absolute Gasteiger partial charge is 0.315 e. The van der Waals surface area contributed by atoms with Crippen LogP contribution >= 0.6 is 0 Å². The maximum atomic E-state index is 12.3. The van der Waals surface area contributed by atoms with Crippen molar-refractivity contribution < 1.29 is 8.42 Å². The summed E-state index contributed by atoms with van der Waals surface area (Å²) in [6.07, 6.45) is 2.19. The van der Waals surface area contributed by atoms with E-state index in [0.717, 1.165) is 24.0 Å². The number of fused-ring (bicyclic) bond motifs is 1. The topological polar surface area (TPSA) is 88.9 Å². The number of rotatable bonds is 3. The molecule has 0 radical (unpaired) electrons. The third kappa shape index (κ3) is 2.30. The highest BCUT2D eigenvalue weighted by molar-refractivity contribution is 7.89. The van der Waals surface area contributed by atoms with Crippen molar-refractivity contribution in [2.75, 3.05) is 13.1 Å². The zero-order valence-electron chi connectivity index (χ0n) is 11.4. The van der Waals surface area contributed by atoms with Crippen molar-refractivity contribution in [1.82, 2.24) is 24.8 Å². The first-order valence-electron chi connectivity index (χ1n) is 6.50. The van der Waals surface area contributed by atoms with Gasteiger partial charge in [0.1, 0.15) is 4.90 Å². The molecule has 20 heavy (non-hydrogen) atoms. The maximum absolute atomic E-state index is 12.3. The Morgan fingerprint density at radius 3 is 3.00 bits per heavy atom. The summed E-state index contributed by atoms with van der Waals surface area (Å²) in [5, 5.41) is 8.14. The van der Waals surface area contributed by atoms with Crippen LogP contribution in [0.4, 0.5) is 0 Å². The lowest BCUT2D eigenvalue weighted by atomic mass is 10.3. The van der Waals surface area contributed by atoms with Gasteiger partial charge in [-0.05, 0) is 26.0 Å². The molecule has 1 aliphatic heterocycles. The summed E-state index contributed by atoms with van der Waals surface area (Å²) < 4.78 is 29.0. The molecular weight excluding hydrogens is 278 g/mol. The summed E-state index contributed by atoms with van der Waals surface area (Å²) in [5.41, 5.74) is 1.46. The number of hydrogen-bond donors (Lipinski definition) is 2. The minimum absolute atomic E-state index is 0.0503. The zero-order valence-corrected chi connectivity index (χ0v) is 12.2. The lowest BCUT2D eigenvalue weighted by molar-refractivity contribution is 0.560. The van der Waals surface area contributed by atoms with E-state index >= 15 is 0 Å². The Kier molecular flexibility index (Phi) is 3.23. The van der Waals surface area contributed by atoms with E-state index in [0.29, 0.717) is 12.2 Å². The second-order valence-electron chi connectivity index (χ2n) is 5.06. The molecule has 3 heterocycles. The van der Waals surface area contributed by atoms with Crippen molar-refractivity contribution in [1.29, 1.82) is 0 Å². The molecule has 0 aromatic carbocycles. The van der Waals surface area contributed by atoms with Crippen molar-refractivity contribution in [3.8, 4) is 0 Å². The molecule has 0 spiro atoms. The number of hydrogen-bond acceptors (Lipinski definition) is 5. The highest BCUT2D eigenvalue weighted by atomic mass is 32.2. The molecule has 0 saturated carbocycles. The highest BCUT2D eigenvalue weighted by Gasteiger charge is 2.23. The lowest BCUT2D eigenvalue weighted by Crippen LogP contribution is -2.36. The van der Waals surface area contributed by atoms with Crippen LogP contribution in [0.25, 0.3) is 11.0 Å². The molecule has 7 nitrogen and oxygen atoms in total. The molecule has 0 aliphatic carbocycles. The Morgan fingerprint density at radius 2 is 2.30 bits per heavy atom. The van der Waals surface area contributed by atoms with E-state index in [1.807, 2.05) is 6.92 Å². The molecule has 1 saturated heterocycles. The van der Waals surface area contributed by atoms with Gasteiger partial charge in [-0.25, -0.2) is 18.1 Å². The van der Waals surface area contributed by atoms with Gasteiger partial charge in [0.2, 0.25) is 10.0 Å². The smallest absolute Gasteiger partial charge is 0.242 e. The number of aryl methyl sites for hydroxylation is 2. The van der Waals surface area contributed by atoms with Crippen molar-refractivity contribution in [3.63, 3.8) is 0 Å². The molecular formula is C12H17N5O2S. The molecule has 0 amide bonds. The summed E-state index contributed by atoms with van der Waals surface area (Å²) in [4.78, 5) is 4.40. The van der Waals surface area contributed by atoms with Crippen LogP contribution in [0.3, 0.4) is 0 Å². The average Bonchev–Trinajstić information content (AvgIpc) is 2.98. The number of nitrogens with one attached hydrogen (secondary N) is 2. The van der Waals surface area contributed by atoms with Gasteiger partial charge in [-0.1, -0.05) is 0 Å². The van der Waals surface area contributed by atoms with Crippen LogP contribution in [-0.4, -0.2) is 42.3 Å². The SMILES string of the molecule is Cc1nn(C)c2ncc(S(=O)(=O)NC3CCNC3)cc12. The van der Waals surface area contributed by atoms with Gasteiger partial charge in [-0.15, -0.1) is 0 Å². The second kappa shape index (κ2) is 4.80. The molecule has 2 aromatic rings. The van der Waals surface area contributed by atoms with Gasteiger partial charge in [0.15, 0.2) is 5.65 Å². The quantitative estimate of drug-likeness (QED) is 0.826. The third-order valence-corrected chi connectivity index (χ3v) is 5.02. The standard InChI is InChI=1S/C12H17N5O2S/c1-8-11-5-10(7-14-12(11)17(2)15-8)20(18,19)16-9-3-4-13-6-9/h5,7,9,13,16H,3-4,6H2,1-2H3. The number of pyridine rings is 1. The van der Waals surface area contributed by atoms with Gasteiger partial charge in [-0.2, -0.15) is 5.10 Å². The molecule has 8 heteroatoms. The summed E-state index contributed by atoms with van der Waals surface area (Å²) in [6.45, 7) is 3.35.